The third-order valence-corrected chi connectivity index (χ3v) is 2.63. The second-order valence-corrected chi connectivity index (χ2v) is 3.61. The fourth-order valence-electron chi connectivity index (χ4n) is 1.75. The molecule has 2 aliphatic heterocycles. The maximum Gasteiger partial charge on any atom is 0.135 e. The van der Waals surface area contributed by atoms with Crippen LogP contribution in [0.4, 0.5) is 0 Å². The molecular formula is C8H15NO4. The highest BCUT2D eigenvalue weighted by molar-refractivity contribution is 4.91. The zero-order chi connectivity index (χ0) is 9.42. The van der Waals surface area contributed by atoms with E-state index in [1.54, 1.807) is 0 Å². The standard InChI is InChI=1S/C8H15NO4/c9-8-7(13-8)5-2-1-4(11)6(3-10)12-5/h4-8,10-11H,1-3,9H2/t4-,5+,6+,7+,8?/m0/s1. The average Bonchev–Trinajstić information content (AvgIpc) is 2.84. The lowest BCUT2D eigenvalue weighted by molar-refractivity contribution is -0.139. The first-order valence-electron chi connectivity index (χ1n) is 4.58. The van der Waals surface area contributed by atoms with Gasteiger partial charge >= 0.3 is 0 Å². The molecule has 0 spiro atoms. The second kappa shape index (κ2) is 3.51. The molecule has 5 nitrogen and oxygen atoms in total. The third kappa shape index (κ3) is 1.84. The average molecular weight is 189 g/mol. The molecule has 2 rings (SSSR count). The molecule has 0 saturated carbocycles. The number of nitrogens with two attached hydrogens (primary N) is 1. The number of aliphatic hydroxyl groups excluding tert-OH is 2. The van der Waals surface area contributed by atoms with E-state index in [1.165, 1.54) is 0 Å². The van der Waals surface area contributed by atoms with Crippen LogP contribution in [0.2, 0.25) is 0 Å². The van der Waals surface area contributed by atoms with Gasteiger partial charge in [0.2, 0.25) is 0 Å². The van der Waals surface area contributed by atoms with E-state index in [2.05, 4.69) is 0 Å². The van der Waals surface area contributed by atoms with Crippen molar-refractivity contribution in [2.24, 2.45) is 5.73 Å². The summed E-state index contributed by atoms with van der Waals surface area (Å²) < 4.78 is 10.5. The lowest BCUT2D eigenvalue weighted by atomic mass is 9.99. The van der Waals surface area contributed by atoms with Crippen molar-refractivity contribution in [3.8, 4) is 0 Å². The molecule has 5 atom stereocenters. The summed E-state index contributed by atoms with van der Waals surface area (Å²) in [6.45, 7) is -0.153. The van der Waals surface area contributed by atoms with Gasteiger partial charge in [-0.3, -0.25) is 0 Å². The molecule has 0 aromatic carbocycles. The predicted molar refractivity (Wildman–Crippen MR) is 43.8 cm³/mol. The second-order valence-electron chi connectivity index (χ2n) is 3.61. The van der Waals surface area contributed by atoms with E-state index in [0.29, 0.717) is 6.42 Å². The Kier molecular flexibility index (Phi) is 2.53. The van der Waals surface area contributed by atoms with Crippen molar-refractivity contribution in [2.75, 3.05) is 6.61 Å². The molecule has 2 aliphatic rings. The van der Waals surface area contributed by atoms with Crippen molar-refractivity contribution >= 4 is 0 Å². The molecule has 2 fully saturated rings. The van der Waals surface area contributed by atoms with E-state index >= 15 is 0 Å². The van der Waals surface area contributed by atoms with E-state index in [4.69, 9.17) is 20.3 Å². The lowest BCUT2D eigenvalue weighted by Gasteiger charge is -2.32. The summed E-state index contributed by atoms with van der Waals surface area (Å²) in [4.78, 5) is 0. The van der Waals surface area contributed by atoms with Gasteiger partial charge in [0, 0.05) is 0 Å². The molecule has 4 N–H and O–H groups in total. The van der Waals surface area contributed by atoms with E-state index in [1.807, 2.05) is 0 Å². The maximum absolute atomic E-state index is 9.40. The molecule has 0 aromatic rings. The molecule has 0 aliphatic carbocycles. The zero-order valence-electron chi connectivity index (χ0n) is 7.30. The molecule has 0 radical (unpaired) electrons. The maximum atomic E-state index is 9.40. The highest BCUT2D eigenvalue weighted by Crippen LogP contribution is 2.31. The Bertz CT molecular complexity index is 189. The smallest absolute Gasteiger partial charge is 0.135 e. The fraction of sp³-hybridized carbons (Fsp3) is 1.00. The van der Waals surface area contributed by atoms with Crippen LogP contribution in [0.3, 0.4) is 0 Å². The lowest BCUT2D eigenvalue weighted by Crippen LogP contribution is -2.43. The van der Waals surface area contributed by atoms with Gasteiger partial charge in [-0.15, -0.1) is 0 Å². The van der Waals surface area contributed by atoms with Crippen LogP contribution in [0.1, 0.15) is 12.8 Å². The normalized spacial score (nSPS) is 50.5. The van der Waals surface area contributed by atoms with Gasteiger partial charge in [-0.05, 0) is 12.8 Å². The van der Waals surface area contributed by atoms with Crippen molar-refractivity contribution in [3.05, 3.63) is 0 Å². The van der Waals surface area contributed by atoms with Crippen molar-refractivity contribution in [2.45, 2.75) is 43.5 Å². The van der Waals surface area contributed by atoms with Crippen LogP contribution in [-0.2, 0) is 9.47 Å². The molecular weight excluding hydrogens is 174 g/mol. The molecule has 13 heavy (non-hydrogen) atoms. The first kappa shape index (κ1) is 9.36. The summed E-state index contributed by atoms with van der Waals surface area (Å²) in [5.74, 6) is 0. The SMILES string of the molecule is NC1O[C@@H]1[C@H]1CC[C@H](O)[C@@H](CO)O1. The van der Waals surface area contributed by atoms with Crippen molar-refractivity contribution in [3.63, 3.8) is 0 Å². The van der Waals surface area contributed by atoms with E-state index in [9.17, 15) is 5.11 Å². The molecule has 2 heterocycles. The van der Waals surface area contributed by atoms with Crippen LogP contribution >= 0.6 is 0 Å². The van der Waals surface area contributed by atoms with E-state index in [-0.39, 0.29) is 25.0 Å². The van der Waals surface area contributed by atoms with E-state index in [0.717, 1.165) is 6.42 Å². The summed E-state index contributed by atoms with van der Waals surface area (Å²) in [5, 5.41) is 18.3. The van der Waals surface area contributed by atoms with E-state index < -0.39 is 12.2 Å². The molecule has 0 bridgehead atoms. The molecule has 1 unspecified atom stereocenters. The topological polar surface area (TPSA) is 88.2 Å². The predicted octanol–water partition coefficient (Wildman–Crippen LogP) is -1.43. The number of rotatable bonds is 2. The van der Waals surface area contributed by atoms with Crippen LogP contribution in [0.5, 0.6) is 0 Å². The first-order chi connectivity index (χ1) is 6.22. The van der Waals surface area contributed by atoms with Crippen molar-refractivity contribution < 1.29 is 19.7 Å². The van der Waals surface area contributed by atoms with Crippen molar-refractivity contribution in [1.29, 1.82) is 0 Å². The zero-order valence-corrected chi connectivity index (χ0v) is 7.30. The van der Waals surface area contributed by atoms with Gasteiger partial charge in [-0.25, -0.2) is 0 Å². The first-order valence-corrected chi connectivity index (χ1v) is 4.58. The quantitative estimate of drug-likeness (QED) is 0.463. The molecule has 0 aromatic heterocycles. The number of ether oxygens (including phenoxy) is 2. The summed E-state index contributed by atoms with van der Waals surface area (Å²) in [5.41, 5.74) is 5.49. The Morgan fingerprint density at radius 1 is 1.31 bits per heavy atom. The minimum absolute atomic E-state index is 0.0402. The summed E-state index contributed by atoms with van der Waals surface area (Å²) in [6.07, 6.45) is 0.0291. The minimum Gasteiger partial charge on any atom is -0.394 e. The van der Waals surface area contributed by atoms with Gasteiger partial charge in [0.1, 0.15) is 18.4 Å². The summed E-state index contributed by atoms with van der Waals surface area (Å²) in [7, 11) is 0. The van der Waals surface area contributed by atoms with Crippen LogP contribution in [-0.4, -0.2) is 47.5 Å². The van der Waals surface area contributed by atoms with Gasteiger partial charge in [-0.2, -0.15) is 0 Å². The van der Waals surface area contributed by atoms with Crippen LogP contribution in [0.25, 0.3) is 0 Å². The Labute approximate surface area is 76.4 Å². The van der Waals surface area contributed by atoms with Gasteiger partial charge < -0.3 is 25.4 Å². The Morgan fingerprint density at radius 3 is 2.54 bits per heavy atom. The third-order valence-electron chi connectivity index (χ3n) is 2.63. The van der Waals surface area contributed by atoms with Crippen LogP contribution in [0.15, 0.2) is 0 Å². The Hall–Kier alpha value is -0.200. The highest BCUT2D eigenvalue weighted by atomic mass is 16.6. The van der Waals surface area contributed by atoms with Gasteiger partial charge in [0.05, 0.1) is 18.8 Å². The molecule has 5 heteroatoms. The number of aliphatic hydroxyl groups is 2. The van der Waals surface area contributed by atoms with Gasteiger partial charge in [0.15, 0.2) is 0 Å². The van der Waals surface area contributed by atoms with Crippen molar-refractivity contribution in [1.82, 2.24) is 0 Å². The minimum atomic E-state index is -0.559. The Balaban J connectivity index is 1.87. The van der Waals surface area contributed by atoms with Crippen LogP contribution in [0, 0.1) is 0 Å². The fourth-order valence-corrected chi connectivity index (χ4v) is 1.75. The monoisotopic (exact) mass is 189 g/mol. The van der Waals surface area contributed by atoms with Crippen LogP contribution < -0.4 is 5.73 Å². The largest absolute Gasteiger partial charge is 0.394 e. The Morgan fingerprint density at radius 2 is 2.00 bits per heavy atom. The van der Waals surface area contributed by atoms with Gasteiger partial charge in [0.25, 0.3) is 0 Å². The summed E-state index contributed by atoms with van der Waals surface area (Å²) >= 11 is 0. The van der Waals surface area contributed by atoms with Gasteiger partial charge in [-0.1, -0.05) is 0 Å². The molecule has 0 amide bonds. The number of hydrogen-bond donors (Lipinski definition) is 3. The number of hydrogen-bond acceptors (Lipinski definition) is 5. The highest BCUT2D eigenvalue weighted by Gasteiger charge is 2.46. The number of epoxide rings is 1. The molecule has 2 saturated heterocycles. The summed E-state index contributed by atoms with van der Waals surface area (Å²) in [6, 6.07) is 0. The molecule has 76 valence electrons.